The van der Waals surface area contributed by atoms with Crippen LogP contribution < -0.4 is 0 Å². The average molecular weight is 181 g/mol. The van der Waals surface area contributed by atoms with Crippen LogP contribution in [-0.4, -0.2) is 15.3 Å². The Morgan fingerprint density at radius 3 is 2.31 bits per heavy atom. The van der Waals surface area contributed by atoms with E-state index in [1.807, 2.05) is 36.0 Å². The molecule has 0 bridgehead atoms. The van der Waals surface area contributed by atoms with Crippen LogP contribution in [0.25, 0.3) is 0 Å². The molecule has 0 saturated heterocycles. The number of hydrogen-bond acceptors (Lipinski definition) is 1. The fourth-order valence-corrected chi connectivity index (χ4v) is 1.81. The molecule has 1 atom stereocenters. The van der Waals surface area contributed by atoms with Crippen molar-refractivity contribution in [2.24, 2.45) is 5.92 Å². The second kappa shape index (κ2) is 3.97. The first-order chi connectivity index (χ1) is 5.99. The van der Waals surface area contributed by atoms with Gasteiger partial charge >= 0.3 is 0 Å². The average Bonchev–Trinajstić information content (AvgIpc) is 2.34. The third-order valence-corrected chi connectivity index (χ3v) is 2.04. The zero-order valence-corrected chi connectivity index (χ0v) is 8.70. The standard InChI is InChI=1S/C11H19NO/c1-10(2)8-11(3,13)9-12-6-4-5-7-12/h4-7,10,13H,8-9H2,1-3H3. The van der Waals surface area contributed by atoms with Gasteiger partial charge in [0.2, 0.25) is 0 Å². The molecule has 1 aromatic rings. The van der Waals surface area contributed by atoms with E-state index in [1.165, 1.54) is 0 Å². The second-order valence-corrected chi connectivity index (χ2v) is 4.45. The Morgan fingerprint density at radius 1 is 1.31 bits per heavy atom. The highest BCUT2D eigenvalue weighted by Gasteiger charge is 2.21. The summed E-state index contributed by atoms with van der Waals surface area (Å²) in [4.78, 5) is 0. The van der Waals surface area contributed by atoms with E-state index in [1.54, 1.807) is 0 Å². The SMILES string of the molecule is CC(C)CC(C)(O)Cn1cccc1. The summed E-state index contributed by atoms with van der Waals surface area (Å²) in [6.07, 6.45) is 4.80. The number of rotatable bonds is 4. The minimum absolute atomic E-state index is 0.533. The summed E-state index contributed by atoms with van der Waals surface area (Å²) in [5.41, 5.74) is -0.590. The smallest absolute Gasteiger partial charge is 0.0800 e. The lowest BCUT2D eigenvalue weighted by molar-refractivity contribution is 0.0216. The molecule has 74 valence electrons. The van der Waals surface area contributed by atoms with Gasteiger partial charge in [-0.15, -0.1) is 0 Å². The van der Waals surface area contributed by atoms with Crippen molar-refractivity contribution in [2.75, 3.05) is 0 Å². The second-order valence-electron chi connectivity index (χ2n) is 4.45. The molecule has 0 aliphatic rings. The predicted molar refractivity (Wildman–Crippen MR) is 54.5 cm³/mol. The van der Waals surface area contributed by atoms with Gasteiger partial charge in [-0.3, -0.25) is 0 Å². The summed E-state index contributed by atoms with van der Waals surface area (Å²) >= 11 is 0. The molecule has 0 saturated carbocycles. The van der Waals surface area contributed by atoms with Crippen LogP contribution in [0.2, 0.25) is 0 Å². The van der Waals surface area contributed by atoms with Gasteiger partial charge in [0.05, 0.1) is 12.1 Å². The van der Waals surface area contributed by atoms with Crippen LogP contribution in [0, 0.1) is 5.92 Å². The molecule has 0 radical (unpaired) electrons. The van der Waals surface area contributed by atoms with E-state index in [-0.39, 0.29) is 0 Å². The molecular formula is C11H19NO. The quantitative estimate of drug-likeness (QED) is 0.757. The van der Waals surface area contributed by atoms with Crippen LogP contribution in [0.1, 0.15) is 27.2 Å². The fraction of sp³-hybridized carbons (Fsp3) is 0.636. The highest BCUT2D eigenvalue weighted by atomic mass is 16.3. The van der Waals surface area contributed by atoms with E-state index < -0.39 is 5.60 Å². The van der Waals surface area contributed by atoms with Gasteiger partial charge in [-0.05, 0) is 31.4 Å². The molecule has 0 aliphatic heterocycles. The number of aromatic nitrogens is 1. The van der Waals surface area contributed by atoms with Crippen molar-refractivity contribution in [3.8, 4) is 0 Å². The molecule has 0 fully saturated rings. The predicted octanol–water partition coefficient (Wildman–Crippen LogP) is 2.29. The van der Waals surface area contributed by atoms with Gasteiger partial charge in [0.15, 0.2) is 0 Å². The van der Waals surface area contributed by atoms with Gasteiger partial charge < -0.3 is 9.67 Å². The van der Waals surface area contributed by atoms with E-state index in [0.29, 0.717) is 12.5 Å². The van der Waals surface area contributed by atoms with Crippen molar-refractivity contribution < 1.29 is 5.11 Å². The van der Waals surface area contributed by atoms with Crippen molar-refractivity contribution in [3.05, 3.63) is 24.5 Å². The molecule has 0 aromatic carbocycles. The molecular weight excluding hydrogens is 162 g/mol. The van der Waals surface area contributed by atoms with Crippen molar-refractivity contribution in [3.63, 3.8) is 0 Å². The highest BCUT2D eigenvalue weighted by Crippen LogP contribution is 2.18. The molecule has 1 aromatic heterocycles. The van der Waals surface area contributed by atoms with Crippen molar-refractivity contribution >= 4 is 0 Å². The molecule has 1 heterocycles. The molecule has 0 aliphatic carbocycles. The summed E-state index contributed by atoms with van der Waals surface area (Å²) in [6, 6.07) is 3.96. The van der Waals surface area contributed by atoms with Crippen molar-refractivity contribution in [1.29, 1.82) is 0 Å². The normalized spacial score (nSPS) is 16.1. The highest BCUT2D eigenvalue weighted by molar-refractivity contribution is 4.92. The Kier molecular flexibility index (Phi) is 3.15. The first-order valence-corrected chi connectivity index (χ1v) is 4.83. The number of hydrogen-bond donors (Lipinski definition) is 1. The summed E-state index contributed by atoms with van der Waals surface area (Å²) in [5, 5.41) is 10.0. The molecule has 1 rings (SSSR count). The largest absolute Gasteiger partial charge is 0.388 e. The van der Waals surface area contributed by atoms with Crippen molar-refractivity contribution in [1.82, 2.24) is 4.57 Å². The van der Waals surface area contributed by atoms with Crippen LogP contribution in [0.3, 0.4) is 0 Å². The van der Waals surface area contributed by atoms with E-state index >= 15 is 0 Å². The van der Waals surface area contributed by atoms with Crippen LogP contribution in [0.4, 0.5) is 0 Å². The molecule has 1 N–H and O–H groups in total. The van der Waals surface area contributed by atoms with Crippen LogP contribution >= 0.6 is 0 Å². The van der Waals surface area contributed by atoms with E-state index in [0.717, 1.165) is 6.42 Å². The third kappa shape index (κ3) is 3.64. The first-order valence-electron chi connectivity index (χ1n) is 4.83. The maximum Gasteiger partial charge on any atom is 0.0800 e. The zero-order valence-electron chi connectivity index (χ0n) is 8.70. The molecule has 2 heteroatoms. The Labute approximate surface area is 80.2 Å². The summed E-state index contributed by atoms with van der Waals surface area (Å²) in [5.74, 6) is 0.533. The number of aliphatic hydroxyl groups is 1. The molecule has 13 heavy (non-hydrogen) atoms. The number of nitrogens with zero attached hydrogens (tertiary/aromatic N) is 1. The lowest BCUT2D eigenvalue weighted by atomic mass is 9.94. The van der Waals surface area contributed by atoms with E-state index in [4.69, 9.17) is 0 Å². The topological polar surface area (TPSA) is 25.2 Å². The zero-order chi connectivity index (χ0) is 9.90. The monoisotopic (exact) mass is 181 g/mol. The van der Waals surface area contributed by atoms with Gasteiger partial charge in [0.25, 0.3) is 0 Å². The fourth-order valence-electron chi connectivity index (χ4n) is 1.81. The maximum absolute atomic E-state index is 10.0. The van der Waals surface area contributed by atoms with Gasteiger partial charge in [0.1, 0.15) is 0 Å². The van der Waals surface area contributed by atoms with Gasteiger partial charge in [-0.25, -0.2) is 0 Å². The van der Waals surface area contributed by atoms with E-state index in [9.17, 15) is 5.11 Å². The minimum Gasteiger partial charge on any atom is -0.388 e. The maximum atomic E-state index is 10.0. The Hall–Kier alpha value is -0.760. The summed E-state index contributed by atoms with van der Waals surface area (Å²) < 4.78 is 2.02. The molecule has 1 unspecified atom stereocenters. The third-order valence-electron chi connectivity index (χ3n) is 2.04. The summed E-state index contributed by atoms with van der Waals surface area (Å²) in [7, 11) is 0. The Bertz CT molecular complexity index is 237. The van der Waals surface area contributed by atoms with Crippen LogP contribution in [-0.2, 0) is 6.54 Å². The summed E-state index contributed by atoms with van der Waals surface area (Å²) in [6.45, 7) is 6.83. The molecule has 2 nitrogen and oxygen atoms in total. The van der Waals surface area contributed by atoms with Crippen LogP contribution in [0.15, 0.2) is 24.5 Å². The van der Waals surface area contributed by atoms with Gasteiger partial charge in [-0.2, -0.15) is 0 Å². The first kappa shape index (κ1) is 10.3. The molecule has 0 amide bonds. The van der Waals surface area contributed by atoms with Crippen LogP contribution in [0.5, 0.6) is 0 Å². The lowest BCUT2D eigenvalue weighted by Gasteiger charge is -2.25. The Morgan fingerprint density at radius 2 is 1.85 bits per heavy atom. The molecule has 0 spiro atoms. The van der Waals surface area contributed by atoms with Gasteiger partial charge in [-0.1, -0.05) is 13.8 Å². The van der Waals surface area contributed by atoms with E-state index in [2.05, 4.69) is 13.8 Å². The lowest BCUT2D eigenvalue weighted by Crippen LogP contribution is -2.31. The minimum atomic E-state index is -0.590. The van der Waals surface area contributed by atoms with Gasteiger partial charge in [0, 0.05) is 12.4 Å². The Balaban J connectivity index is 2.51. The van der Waals surface area contributed by atoms with Crippen molar-refractivity contribution in [2.45, 2.75) is 39.3 Å².